The Bertz CT molecular complexity index is 508. The second-order valence-corrected chi connectivity index (χ2v) is 4.94. The topological polar surface area (TPSA) is 49.8 Å². The first kappa shape index (κ1) is 13.6. The SMILES string of the molecule is C=C(C)CN1C(=O)CCOc2ccc(C(C)O)cc21. The third-order valence-corrected chi connectivity index (χ3v) is 3.06. The van der Waals surface area contributed by atoms with Gasteiger partial charge in [-0.15, -0.1) is 0 Å². The van der Waals surface area contributed by atoms with Crippen LogP contribution in [0.1, 0.15) is 31.9 Å². The lowest BCUT2D eigenvalue weighted by Crippen LogP contribution is -2.31. The Hall–Kier alpha value is -1.81. The second kappa shape index (κ2) is 5.45. The maximum absolute atomic E-state index is 12.1. The Morgan fingerprint density at radius 3 is 2.95 bits per heavy atom. The number of rotatable bonds is 3. The molecule has 0 fully saturated rings. The lowest BCUT2D eigenvalue weighted by atomic mass is 10.1. The van der Waals surface area contributed by atoms with Gasteiger partial charge in [0.25, 0.3) is 0 Å². The molecule has 0 aliphatic carbocycles. The fourth-order valence-electron chi connectivity index (χ4n) is 2.09. The fraction of sp³-hybridized carbons (Fsp3) is 0.400. The van der Waals surface area contributed by atoms with Gasteiger partial charge >= 0.3 is 0 Å². The predicted molar refractivity (Wildman–Crippen MR) is 74.4 cm³/mol. The molecule has 2 rings (SSSR count). The van der Waals surface area contributed by atoms with Crippen LogP contribution in [0.3, 0.4) is 0 Å². The van der Waals surface area contributed by atoms with Gasteiger partial charge in [-0.3, -0.25) is 4.79 Å². The molecule has 0 radical (unpaired) electrons. The molecular formula is C15H19NO3. The molecule has 19 heavy (non-hydrogen) atoms. The summed E-state index contributed by atoms with van der Waals surface area (Å²) >= 11 is 0. The number of amides is 1. The first-order valence-electron chi connectivity index (χ1n) is 6.38. The van der Waals surface area contributed by atoms with Gasteiger partial charge in [-0.25, -0.2) is 0 Å². The van der Waals surface area contributed by atoms with Gasteiger partial charge in [0.15, 0.2) is 0 Å². The van der Waals surface area contributed by atoms with Crippen LogP contribution in [0, 0.1) is 0 Å². The average Bonchev–Trinajstić information content (AvgIpc) is 2.49. The first-order chi connectivity index (χ1) is 8.99. The fourth-order valence-corrected chi connectivity index (χ4v) is 2.09. The largest absolute Gasteiger partial charge is 0.491 e. The lowest BCUT2D eigenvalue weighted by molar-refractivity contribution is -0.118. The minimum atomic E-state index is -0.574. The van der Waals surface area contributed by atoms with E-state index >= 15 is 0 Å². The highest BCUT2D eigenvalue weighted by Gasteiger charge is 2.23. The van der Waals surface area contributed by atoms with Gasteiger partial charge < -0.3 is 14.7 Å². The van der Waals surface area contributed by atoms with Gasteiger partial charge in [0.05, 0.1) is 24.8 Å². The van der Waals surface area contributed by atoms with Crippen LogP contribution >= 0.6 is 0 Å². The van der Waals surface area contributed by atoms with Gasteiger partial charge in [-0.2, -0.15) is 0 Å². The zero-order valence-corrected chi connectivity index (χ0v) is 11.3. The number of hydrogen-bond acceptors (Lipinski definition) is 3. The maximum Gasteiger partial charge on any atom is 0.230 e. The number of fused-ring (bicyclic) bond motifs is 1. The van der Waals surface area contributed by atoms with E-state index in [0.717, 1.165) is 11.1 Å². The summed E-state index contributed by atoms with van der Waals surface area (Å²) in [5.74, 6) is 0.695. The molecule has 1 aliphatic rings. The third kappa shape index (κ3) is 2.96. The van der Waals surface area contributed by atoms with E-state index in [1.807, 2.05) is 19.1 Å². The normalized spacial score (nSPS) is 16.4. The van der Waals surface area contributed by atoms with Crippen LogP contribution in [-0.4, -0.2) is 24.2 Å². The maximum atomic E-state index is 12.1. The Morgan fingerprint density at radius 2 is 2.32 bits per heavy atom. The van der Waals surface area contributed by atoms with Gasteiger partial charge in [0.2, 0.25) is 5.91 Å². The average molecular weight is 261 g/mol. The molecule has 1 atom stereocenters. The molecule has 1 aromatic rings. The van der Waals surface area contributed by atoms with Crippen molar-refractivity contribution in [2.24, 2.45) is 0 Å². The minimum Gasteiger partial charge on any atom is -0.491 e. The van der Waals surface area contributed by atoms with Crippen molar-refractivity contribution in [1.82, 2.24) is 0 Å². The summed E-state index contributed by atoms with van der Waals surface area (Å²) in [6, 6.07) is 5.44. The van der Waals surface area contributed by atoms with Crippen LogP contribution in [0.4, 0.5) is 5.69 Å². The van der Waals surface area contributed by atoms with Gasteiger partial charge in [-0.1, -0.05) is 18.2 Å². The summed E-state index contributed by atoms with van der Waals surface area (Å²) in [7, 11) is 0. The zero-order chi connectivity index (χ0) is 14.0. The van der Waals surface area contributed by atoms with E-state index in [4.69, 9.17) is 4.74 Å². The van der Waals surface area contributed by atoms with E-state index in [1.54, 1.807) is 17.9 Å². The van der Waals surface area contributed by atoms with Crippen molar-refractivity contribution >= 4 is 11.6 Å². The molecule has 0 spiro atoms. The van der Waals surface area contributed by atoms with E-state index in [-0.39, 0.29) is 5.91 Å². The highest BCUT2D eigenvalue weighted by atomic mass is 16.5. The van der Waals surface area contributed by atoms with Crippen molar-refractivity contribution in [3.63, 3.8) is 0 Å². The second-order valence-electron chi connectivity index (χ2n) is 4.94. The molecule has 102 valence electrons. The summed E-state index contributed by atoms with van der Waals surface area (Å²) in [5, 5.41) is 9.67. The predicted octanol–water partition coefficient (Wildman–Crippen LogP) is 2.43. The van der Waals surface area contributed by atoms with Crippen LogP contribution < -0.4 is 9.64 Å². The van der Waals surface area contributed by atoms with Crippen molar-refractivity contribution in [2.45, 2.75) is 26.4 Å². The Morgan fingerprint density at radius 1 is 1.58 bits per heavy atom. The zero-order valence-electron chi connectivity index (χ0n) is 11.3. The number of aliphatic hydroxyl groups is 1. The quantitative estimate of drug-likeness (QED) is 0.850. The molecule has 0 bridgehead atoms. The Kier molecular flexibility index (Phi) is 3.90. The van der Waals surface area contributed by atoms with Gasteiger partial charge in [-0.05, 0) is 31.5 Å². The molecule has 1 aliphatic heterocycles. The number of anilines is 1. The van der Waals surface area contributed by atoms with Crippen LogP contribution in [0.2, 0.25) is 0 Å². The molecule has 1 aromatic carbocycles. The van der Waals surface area contributed by atoms with E-state index in [1.165, 1.54) is 0 Å². The van der Waals surface area contributed by atoms with Crippen molar-refractivity contribution < 1.29 is 14.6 Å². The van der Waals surface area contributed by atoms with E-state index in [0.29, 0.717) is 31.0 Å². The van der Waals surface area contributed by atoms with Gasteiger partial charge in [0, 0.05) is 6.54 Å². The van der Waals surface area contributed by atoms with E-state index in [2.05, 4.69) is 6.58 Å². The van der Waals surface area contributed by atoms with E-state index in [9.17, 15) is 9.90 Å². The van der Waals surface area contributed by atoms with Crippen molar-refractivity contribution in [1.29, 1.82) is 0 Å². The van der Waals surface area contributed by atoms with Crippen LogP contribution in [0.5, 0.6) is 5.75 Å². The summed E-state index contributed by atoms with van der Waals surface area (Å²) in [5.41, 5.74) is 2.39. The summed E-state index contributed by atoms with van der Waals surface area (Å²) in [6.45, 7) is 8.30. The van der Waals surface area contributed by atoms with Crippen LogP contribution in [0.15, 0.2) is 30.4 Å². The van der Waals surface area contributed by atoms with Gasteiger partial charge in [0.1, 0.15) is 5.75 Å². The smallest absolute Gasteiger partial charge is 0.230 e. The highest BCUT2D eigenvalue weighted by Crippen LogP contribution is 2.34. The lowest BCUT2D eigenvalue weighted by Gasteiger charge is -2.23. The molecule has 4 heteroatoms. The molecule has 0 aromatic heterocycles. The highest BCUT2D eigenvalue weighted by molar-refractivity contribution is 5.96. The number of carbonyl (C=O) groups excluding carboxylic acids is 1. The monoisotopic (exact) mass is 261 g/mol. The molecule has 4 nitrogen and oxygen atoms in total. The Balaban J connectivity index is 2.46. The van der Waals surface area contributed by atoms with Crippen molar-refractivity contribution in [3.05, 3.63) is 35.9 Å². The molecule has 1 amide bonds. The molecular weight excluding hydrogens is 242 g/mol. The number of ether oxygens (including phenoxy) is 1. The van der Waals surface area contributed by atoms with Crippen molar-refractivity contribution in [2.75, 3.05) is 18.1 Å². The molecule has 1 N–H and O–H groups in total. The minimum absolute atomic E-state index is 0.0180. The molecule has 0 saturated carbocycles. The molecule has 1 heterocycles. The number of carbonyl (C=O) groups is 1. The number of nitrogens with zero attached hydrogens (tertiary/aromatic N) is 1. The number of hydrogen-bond donors (Lipinski definition) is 1. The van der Waals surface area contributed by atoms with Crippen LogP contribution in [0.25, 0.3) is 0 Å². The molecule has 0 saturated heterocycles. The standard InChI is InChI=1S/C15H19NO3/c1-10(2)9-16-13-8-12(11(3)17)4-5-14(13)19-7-6-15(16)18/h4-5,8,11,17H,1,6-7,9H2,2-3H3. The van der Waals surface area contributed by atoms with E-state index < -0.39 is 6.10 Å². The first-order valence-corrected chi connectivity index (χ1v) is 6.38. The summed E-state index contributed by atoms with van der Waals surface area (Å²) in [4.78, 5) is 13.8. The number of aliphatic hydroxyl groups excluding tert-OH is 1. The third-order valence-electron chi connectivity index (χ3n) is 3.06. The van der Waals surface area contributed by atoms with Crippen molar-refractivity contribution in [3.8, 4) is 5.75 Å². The Labute approximate surface area is 113 Å². The summed E-state index contributed by atoms with van der Waals surface area (Å²) in [6.07, 6.45) is -0.221. The number of benzene rings is 1. The summed E-state index contributed by atoms with van der Waals surface area (Å²) < 4.78 is 5.59. The molecule has 1 unspecified atom stereocenters. The van der Waals surface area contributed by atoms with Crippen LogP contribution in [-0.2, 0) is 4.79 Å².